The number of amides is 2. The molecule has 2 fully saturated rings. The van der Waals surface area contributed by atoms with Crippen molar-refractivity contribution in [2.75, 3.05) is 6.54 Å². The first-order valence-electron chi connectivity index (χ1n) is 6.36. The van der Waals surface area contributed by atoms with Crippen LogP contribution >= 0.6 is 11.6 Å². The van der Waals surface area contributed by atoms with Crippen molar-refractivity contribution in [3.05, 3.63) is 11.6 Å². The topological polar surface area (TPSA) is 49.4 Å². The molecule has 0 spiro atoms. The number of hydrogen-bond donors (Lipinski definition) is 1. The third-order valence-electron chi connectivity index (χ3n) is 3.90. The Hall–Kier alpha value is -1.03. The smallest absolute Gasteiger partial charge is 0.248 e. The molecule has 0 radical (unpaired) electrons. The molecule has 2 aliphatic rings. The van der Waals surface area contributed by atoms with E-state index in [4.69, 9.17) is 11.6 Å². The monoisotopic (exact) mass is 270 g/mol. The maximum atomic E-state index is 12.6. The Morgan fingerprint density at radius 2 is 2.17 bits per heavy atom. The molecule has 5 heteroatoms. The fourth-order valence-corrected chi connectivity index (χ4v) is 2.70. The second-order valence-electron chi connectivity index (χ2n) is 5.40. The quantitative estimate of drug-likeness (QED) is 0.848. The van der Waals surface area contributed by atoms with Gasteiger partial charge in [-0.2, -0.15) is 0 Å². The van der Waals surface area contributed by atoms with Crippen LogP contribution in [0.4, 0.5) is 0 Å². The SMILES string of the molecule is CC1CC(=O)NC(C)(C2CC2)C(=O)N1C/C=C/Cl. The zero-order chi connectivity index (χ0) is 13.3. The van der Waals surface area contributed by atoms with E-state index in [9.17, 15) is 9.59 Å². The van der Waals surface area contributed by atoms with Gasteiger partial charge in [-0.05, 0) is 32.6 Å². The van der Waals surface area contributed by atoms with E-state index < -0.39 is 5.54 Å². The summed E-state index contributed by atoms with van der Waals surface area (Å²) in [5.41, 5.74) is 0.677. The van der Waals surface area contributed by atoms with Crippen LogP contribution in [0.1, 0.15) is 33.1 Å². The third-order valence-corrected chi connectivity index (χ3v) is 4.08. The molecule has 2 unspecified atom stereocenters. The van der Waals surface area contributed by atoms with E-state index >= 15 is 0 Å². The van der Waals surface area contributed by atoms with Crippen LogP contribution in [0, 0.1) is 5.92 Å². The van der Waals surface area contributed by atoms with E-state index in [0.29, 0.717) is 13.0 Å². The lowest BCUT2D eigenvalue weighted by molar-refractivity contribution is -0.139. The van der Waals surface area contributed by atoms with E-state index in [0.717, 1.165) is 12.8 Å². The second-order valence-corrected chi connectivity index (χ2v) is 5.65. The first kappa shape index (κ1) is 13.4. The Morgan fingerprint density at radius 3 is 2.72 bits per heavy atom. The molecule has 2 rings (SSSR count). The Labute approximate surface area is 112 Å². The summed E-state index contributed by atoms with van der Waals surface area (Å²) in [6.07, 6.45) is 4.11. The second kappa shape index (κ2) is 4.92. The molecule has 0 aromatic carbocycles. The van der Waals surface area contributed by atoms with Crippen LogP contribution in [0.15, 0.2) is 11.6 Å². The van der Waals surface area contributed by atoms with Gasteiger partial charge in [0.05, 0.1) is 0 Å². The number of rotatable bonds is 3. The molecule has 4 nitrogen and oxygen atoms in total. The van der Waals surface area contributed by atoms with Gasteiger partial charge in [-0.15, -0.1) is 0 Å². The summed E-state index contributed by atoms with van der Waals surface area (Å²) in [5, 5.41) is 2.92. The fraction of sp³-hybridized carbons (Fsp3) is 0.692. The van der Waals surface area contributed by atoms with Crippen molar-refractivity contribution in [2.45, 2.75) is 44.7 Å². The summed E-state index contributed by atoms with van der Waals surface area (Å²) in [6.45, 7) is 4.21. The van der Waals surface area contributed by atoms with Crippen molar-refractivity contribution < 1.29 is 9.59 Å². The molecule has 1 saturated carbocycles. The molecule has 0 aromatic rings. The van der Waals surface area contributed by atoms with Gasteiger partial charge in [0.2, 0.25) is 11.8 Å². The van der Waals surface area contributed by atoms with Gasteiger partial charge in [0.25, 0.3) is 0 Å². The molecular weight excluding hydrogens is 252 g/mol. The zero-order valence-electron chi connectivity index (χ0n) is 10.8. The Balaban J connectivity index is 2.27. The maximum Gasteiger partial charge on any atom is 0.248 e. The predicted molar refractivity (Wildman–Crippen MR) is 70.1 cm³/mol. The predicted octanol–water partition coefficient (Wildman–Crippen LogP) is 1.64. The fourth-order valence-electron chi connectivity index (χ4n) is 2.62. The van der Waals surface area contributed by atoms with Crippen molar-refractivity contribution in [1.29, 1.82) is 0 Å². The zero-order valence-corrected chi connectivity index (χ0v) is 11.5. The normalized spacial score (nSPS) is 33.7. The van der Waals surface area contributed by atoms with Gasteiger partial charge in [-0.1, -0.05) is 17.7 Å². The van der Waals surface area contributed by atoms with Crippen LogP contribution in [0.5, 0.6) is 0 Å². The van der Waals surface area contributed by atoms with Crippen LogP contribution in [-0.2, 0) is 9.59 Å². The van der Waals surface area contributed by atoms with Crippen LogP contribution in [-0.4, -0.2) is 34.8 Å². The number of carbonyl (C=O) groups is 2. The lowest BCUT2D eigenvalue weighted by Gasteiger charge is -2.33. The molecule has 0 aromatic heterocycles. The Morgan fingerprint density at radius 1 is 1.50 bits per heavy atom. The van der Waals surface area contributed by atoms with Crippen LogP contribution in [0.25, 0.3) is 0 Å². The average Bonchev–Trinajstić information content (AvgIpc) is 3.11. The van der Waals surface area contributed by atoms with Gasteiger partial charge in [0, 0.05) is 24.5 Å². The molecule has 100 valence electrons. The van der Waals surface area contributed by atoms with E-state index in [2.05, 4.69) is 5.32 Å². The van der Waals surface area contributed by atoms with E-state index in [1.165, 1.54) is 5.54 Å². The molecule has 1 saturated heterocycles. The highest BCUT2D eigenvalue weighted by molar-refractivity contribution is 6.25. The molecule has 0 bridgehead atoms. The van der Waals surface area contributed by atoms with Crippen LogP contribution in [0.3, 0.4) is 0 Å². The maximum absolute atomic E-state index is 12.6. The minimum absolute atomic E-state index is 0.0121. The van der Waals surface area contributed by atoms with Crippen molar-refractivity contribution in [3.8, 4) is 0 Å². The molecule has 18 heavy (non-hydrogen) atoms. The standard InChI is InChI=1S/C13H19ClN2O2/c1-9-8-11(17)15-13(2,10-4-5-10)12(18)16(9)7-3-6-14/h3,6,9-10H,4-5,7-8H2,1-2H3,(H,15,17)/b6-3+. The summed E-state index contributed by atoms with van der Waals surface area (Å²) >= 11 is 5.53. The summed E-state index contributed by atoms with van der Waals surface area (Å²) in [7, 11) is 0. The summed E-state index contributed by atoms with van der Waals surface area (Å²) < 4.78 is 0. The first-order chi connectivity index (χ1) is 8.49. The van der Waals surface area contributed by atoms with Crippen molar-refractivity contribution >= 4 is 23.4 Å². The van der Waals surface area contributed by atoms with Gasteiger partial charge in [-0.3, -0.25) is 9.59 Å². The van der Waals surface area contributed by atoms with Crippen molar-refractivity contribution in [1.82, 2.24) is 10.2 Å². The molecule has 2 atom stereocenters. The lowest BCUT2D eigenvalue weighted by Crippen LogP contribution is -2.57. The van der Waals surface area contributed by atoms with Gasteiger partial charge in [0.15, 0.2) is 0 Å². The molecular formula is C13H19ClN2O2. The van der Waals surface area contributed by atoms with Crippen molar-refractivity contribution in [3.63, 3.8) is 0 Å². The number of hydrogen-bond acceptors (Lipinski definition) is 2. The Kier molecular flexibility index (Phi) is 3.66. The number of carbonyl (C=O) groups excluding carboxylic acids is 2. The van der Waals surface area contributed by atoms with E-state index in [-0.39, 0.29) is 23.8 Å². The number of nitrogens with one attached hydrogen (secondary N) is 1. The van der Waals surface area contributed by atoms with Crippen molar-refractivity contribution in [2.24, 2.45) is 5.92 Å². The van der Waals surface area contributed by atoms with E-state index in [1.54, 1.807) is 11.0 Å². The van der Waals surface area contributed by atoms with Crippen LogP contribution < -0.4 is 5.32 Å². The highest BCUT2D eigenvalue weighted by Gasteiger charge is 2.51. The lowest BCUT2D eigenvalue weighted by atomic mass is 9.94. The summed E-state index contributed by atoms with van der Waals surface area (Å²) in [6, 6.07) is -0.0917. The van der Waals surface area contributed by atoms with Gasteiger partial charge < -0.3 is 10.2 Å². The first-order valence-corrected chi connectivity index (χ1v) is 6.80. The van der Waals surface area contributed by atoms with Gasteiger partial charge in [-0.25, -0.2) is 0 Å². The summed E-state index contributed by atoms with van der Waals surface area (Å²) in [4.78, 5) is 26.3. The minimum atomic E-state index is -0.734. The van der Waals surface area contributed by atoms with Gasteiger partial charge in [0.1, 0.15) is 5.54 Å². The third kappa shape index (κ3) is 2.39. The molecule has 1 aliphatic carbocycles. The molecule has 1 heterocycles. The largest absolute Gasteiger partial charge is 0.342 e. The van der Waals surface area contributed by atoms with E-state index in [1.807, 2.05) is 13.8 Å². The molecule has 2 amide bonds. The average molecular weight is 271 g/mol. The minimum Gasteiger partial charge on any atom is -0.342 e. The molecule has 1 N–H and O–H groups in total. The highest BCUT2D eigenvalue weighted by atomic mass is 35.5. The van der Waals surface area contributed by atoms with Gasteiger partial charge >= 0.3 is 0 Å². The number of nitrogens with zero attached hydrogens (tertiary/aromatic N) is 1. The Bertz CT molecular complexity index is 392. The van der Waals surface area contributed by atoms with Crippen LogP contribution in [0.2, 0.25) is 0 Å². The summed E-state index contributed by atoms with van der Waals surface area (Å²) in [5.74, 6) is 0.252. The molecule has 1 aliphatic heterocycles. The highest BCUT2D eigenvalue weighted by Crippen LogP contribution is 2.41. The number of halogens is 1.